The second kappa shape index (κ2) is 9.10. The molecule has 2 saturated heterocycles. The largest absolute Gasteiger partial charge is 0.508 e. The number of amides is 1. The minimum absolute atomic E-state index is 0.0800. The Morgan fingerprint density at radius 3 is 2.79 bits per heavy atom. The third kappa shape index (κ3) is 5.22. The molecule has 1 aromatic carbocycles. The lowest BCUT2D eigenvalue weighted by atomic mass is 9.64. The summed E-state index contributed by atoms with van der Waals surface area (Å²) in [5.74, 6) is 1.08. The molecule has 6 heteroatoms. The molecule has 0 aromatic heterocycles. The van der Waals surface area contributed by atoms with Crippen molar-refractivity contribution in [3.63, 3.8) is 0 Å². The molecule has 1 amide bonds. The van der Waals surface area contributed by atoms with Gasteiger partial charge in [-0.25, -0.2) is 4.79 Å². The fourth-order valence-electron chi connectivity index (χ4n) is 5.89. The predicted molar refractivity (Wildman–Crippen MR) is 132 cm³/mol. The standard InChI is InChI=1S/C28H41NO5/c1-19(2)9-7-12-27(6)22-16-28(13-8-14-29(17-28)25(31)34-26(3,4)5)18-32-24(22)21-11-10-20(30)15-23(21)33-27/h9-11,15,22,24,30H,7-8,12-14,16-18H2,1-6H3/t22-,24+,27-,28?/m0/s1. The minimum atomic E-state index is -0.508. The van der Waals surface area contributed by atoms with Gasteiger partial charge in [0.1, 0.15) is 22.7 Å². The maximum Gasteiger partial charge on any atom is 0.410 e. The molecule has 1 spiro atoms. The van der Waals surface area contributed by atoms with Gasteiger partial charge < -0.3 is 24.2 Å². The van der Waals surface area contributed by atoms with E-state index < -0.39 is 11.2 Å². The first-order valence-electron chi connectivity index (χ1n) is 12.6. The molecule has 6 nitrogen and oxygen atoms in total. The molecule has 0 aliphatic carbocycles. The molecule has 1 N–H and O–H groups in total. The van der Waals surface area contributed by atoms with Crippen LogP contribution in [-0.2, 0) is 9.47 Å². The van der Waals surface area contributed by atoms with Gasteiger partial charge in [-0.2, -0.15) is 0 Å². The Kier molecular flexibility index (Phi) is 6.67. The minimum Gasteiger partial charge on any atom is -0.508 e. The van der Waals surface area contributed by atoms with Crippen LogP contribution < -0.4 is 4.74 Å². The van der Waals surface area contributed by atoms with Gasteiger partial charge in [0.15, 0.2) is 0 Å². The van der Waals surface area contributed by atoms with E-state index in [1.165, 1.54) is 5.57 Å². The van der Waals surface area contributed by atoms with Crippen molar-refractivity contribution in [3.05, 3.63) is 35.4 Å². The first-order valence-corrected chi connectivity index (χ1v) is 12.6. The molecule has 2 fully saturated rings. The number of piperidine rings is 1. The van der Waals surface area contributed by atoms with Crippen LogP contribution in [0.1, 0.15) is 85.3 Å². The molecule has 34 heavy (non-hydrogen) atoms. The fraction of sp³-hybridized carbons (Fsp3) is 0.679. The topological polar surface area (TPSA) is 68.2 Å². The van der Waals surface area contributed by atoms with Gasteiger partial charge in [0.05, 0.1) is 12.7 Å². The van der Waals surface area contributed by atoms with Crippen molar-refractivity contribution in [2.45, 2.75) is 91.0 Å². The van der Waals surface area contributed by atoms with Crippen molar-refractivity contribution in [2.75, 3.05) is 19.7 Å². The summed E-state index contributed by atoms with van der Waals surface area (Å²) in [6, 6.07) is 5.36. The zero-order chi connectivity index (χ0) is 24.7. The van der Waals surface area contributed by atoms with Gasteiger partial charge >= 0.3 is 6.09 Å². The molecule has 1 unspecified atom stereocenters. The highest BCUT2D eigenvalue weighted by molar-refractivity contribution is 5.68. The summed E-state index contributed by atoms with van der Waals surface area (Å²) in [5.41, 5.74) is 1.26. The second-order valence-electron chi connectivity index (χ2n) is 12.0. The number of likely N-dealkylation sites (tertiary alicyclic amines) is 1. The number of phenols is 1. The molecule has 0 bridgehead atoms. The van der Waals surface area contributed by atoms with Gasteiger partial charge in [-0.1, -0.05) is 11.6 Å². The van der Waals surface area contributed by atoms with Crippen molar-refractivity contribution >= 4 is 6.09 Å². The highest BCUT2D eigenvalue weighted by atomic mass is 16.6. The molecule has 188 valence electrons. The van der Waals surface area contributed by atoms with E-state index in [4.69, 9.17) is 14.2 Å². The van der Waals surface area contributed by atoms with Crippen molar-refractivity contribution in [2.24, 2.45) is 11.3 Å². The number of phenolic OH excluding ortho intramolecular Hbond substituents is 1. The molecule has 4 atom stereocenters. The molecule has 0 radical (unpaired) electrons. The van der Waals surface area contributed by atoms with E-state index in [2.05, 4.69) is 26.8 Å². The van der Waals surface area contributed by atoms with E-state index in [-0.39, 0.29) is 29.3 Å². The third-order valence-corrected chi connectivity index (χ3v) is 7.53. The molecular weight excluding hydrogens is 430 g/mol. The summed E-state index contributed by atoms with van der Waals surface area (Å²) in [6.07, 6.45) is 6.64. The van der Waals surface area contributed by atoms with Gasteiger partial charge in [0.25, 0.3) is 0 Å². The summed E-state index contributed by atoms with van der Waals surface area (Å²) in [6.45, 7) is 14.1. The summed E-state index contributed by atoms with van der Waals surface area (Å²) in [7, 11) is 0. The molecule has 1 aromatic rings. The number of ether oxygens (including phenoxy) is 3. The van der Waals surface area contributed by atoms with E-state index in [1.54, 1.807) is 12.1 Å². The number of hydrogen-bond donors (Lipinski definition) is 1. The highest BCUT2D eigenvalue weighted by Crippen LogP contribution is 2.56. The van der Waals surface area contributed by atoms with Crippen LogP contribution in [0.2, 0.25) is 0 Å². The Bertz CT molecular complexity index is 947. The Morgan fingerprint density at radius 1 is 1.32 bits per heavy atom. The van der Waals surface area contributed by atoms with Crippen LogP contribution in [0.15, 0.2) is 29.8 Å². The number of rotatable bonds is 3. The monoisotopic (exact) mass is 471 g/mol. The van der Waals surface area contributed by atoms with Crippen LogP contribution in [0.3, 0.4) is 0 Å². The van der Waals surface area contributed by atoms with Crippen molar-refractivity contribution in [1.29, 1.82) is 0 Å². The Balaban J connectivity index is 1.60. The average Bonchev–Trinajstić information content (AvgIpc) is 2.72. The smallest absolute Gasteiger partial charge is 0.410 e. The summed E-state index contributed by atoms with van der Waals surface area (Å²) >= 11 is 0. The van der Waals surface area contributed by atoms with Gasteiger partial charge in [-0.05, 0) is 85.8 Å². The van der Waals surface area contributed by atoms with Crippen LogP contribution in [0.25, 0.3) is 0 Å². The highest BCUT2D eigenvalue weighted by Gasteiger charge is 2.55. The number of allylic oxidation sites excluding steroid dienone is 2. The van der Waals surface area contributed by atoms with Gasteiger partial charge in [-0.15, -0.1) is 0 Å². The summed E-state index contributed by atoms with van der Waals surface area (Å²) in [5, 5.41) is 10.1. The van der Waals surface area contributed by atoms with Gasteiger partial charge in [-0.3, -0.25) is 0 Å². The van der Waals surface area contributed by atoms with Crippen LogP contribution in [-0.4, -0.2) is 47.0 Å². The zero-order valence-corrected chi connectivity index (χ0v) is 21.6. The number of carbonyl (C=O) groups excluding carboxylic acids is 1. The number of benzene rings is 1. The van der Waals surface area contributed by atoms with Crippen molar-refractivity contribution in [1.82, 2.24) is 4.90 Å². The maximum atomic E-state index is 12.9. The van der Waals surface area contributed by atoms with Crippen LogP contribution in [0.4, 0.5) is 4.79 Å². The normalized spacial score (nSPS) is 30.7. The molecule has 4 rings (SSSR count). The summed E-state index contributed by atoms with van der Waals surface area (Å²) in [4.78, 5) is 14.7. The van der Waals surface area contributed by atoms with E-state index in [9.17, 15) is 9.90 Å². The lowest BCUT2D eigenvalue weighted by molar-refractivity contribution is -0.180. The van der Waals surface area contributed by atoms with E-state index >= 15 is 0 Å². The first-order chi connectivity index (χ1) is 15.9. The fourth-order valence-corrected chi connectivity index (χ4v) is 5.89. The van der Waals surface area contributed by atoms with Crippen LogP contribution >= 0.6 is 0 Å². The summed E-state index contributed by atoms with van der Waals surface area (Å²) < 4.78 is 19.0. The van der Waals surface area contributed by atoms with Crippen LogP contribution in [0.5, 0.6) is 11.5 Å². The van der Waals surface area contributed by atoms with Crippen LogP contribution in [0, 0.1) is 11.3 Å². The Morgan fingerprint density at radius 2 is 2.09 bits per heavy atom. The van der Waals surface area contributed by atoms with Gasteiger partial charge in [0.2, 0.25) is 0 Å². The Labute approximate surface area is 204 Å². The second-order valence-corrected chi connectivity index (χ2v) is 12.0. The number of aromatic hydroxyl groups is 1. The third-order valence-electron chi connectivity index (χ3n) is 7.53. The molecule has 0 saturated carbocycles. The average molecular weight is 472 g/mol. The van der Waals surface area contributed by atoms with E-state index in [0.717, 1.165) is 50.0 Å². The molecular formula is C28H41NO5. The number of hydrogen-bond acceptors (Lipinski definition) is 5. The van der Waals surface area contributed by atoms with E-state index in [0.29, 0.717) is 13.2 Å². The lowest BCUT2D eigenvalue weighted by Crippen LogP contribution is -2.57. The van der Waals surface area contributed by atoms with Crippen molar-refractivity contribution in [3.8, 4) is 11.5 Å². The number of carbonyl (C=O) groups is 1. The zero-order valence-electron chi connectivity index (χ0n) is 21.6. The molecule has 3 heterocycles. The number of nitrogens with zero attached hydrogens (tertiary/aromatic N) is 1. The SMILES string of the molecule is CC(C)=CCC[C@]1(C)Oc2cc(O)ccc2[C@H]2OCC3(CCCN(C(=O)OC(C)(C)C)C3)C[C@@H]21. The first kappa shape index (κ1) is 24.9. The molecule has 3 aliphatic heterocycles. The molecule has 3 aliphatic rings. The lowest BCUT2D eigenvalue weighted by Gasteiger charge is -2.55. The predicted octanol–water partition coefficient (Wildman–Crippen LogP) is 6.38. The Hall–Kier alpha value is -2.21. The van der Waals surface area contributed by atoms with E-state index in [1.807, 2.05) is 31.7 Å². The maximum absolute atomic E-state index is 12.9. The number of fused-ring (bicyclic) bond motifs is 3. The quantitative estimate of drug-likeness (QED) is 0.518. The van der Waals surface area contributed by atoms with Gasteiger partial charge in [0, 0.05) is 36.1 Å². The van der Waals surface area contributed by atoms with Crippen molar-refractivity contribution < 1.29 is 24.1 Å².